The first-order chi connectivity index (χ1) is 10.8. The summed E-state index contributed by atoms with van der Waals surface area (Å²) in [5, 5.41) is 2.87. The molecule has 3 N–H and O–H groups in total. The number of hydrogen-bond donors (Lipinski definition) is 2. The maximum absolute atomic E-state index is 12.5. The lowest BCUT2D eigenvalue weighted by Crippen LogP contribution is -2.35. The number of anilines is 2. The minimum atomic E-state index is -0.319. The van der Waals surface area contributed by atoms with Crippen LogP contribution in [0.15, 0.2) is 16.6 Å². The predicted molar refractivity (Wildman–Crippen MR) is 96.1 cm³/mol. The molecule has 1 fully saturated rings. The summed E-state index contributed by atoms with van der Waals surface area (Å²) in [6.45, 7) is 6.51. The zero-order chi connectivity index (χ0) is 17.1. The number of amides is 2. The second-order valence-corrected chi connectivity index (χ2v) is 7.17. The molecule has 1 aromatic rings. The Hall–Kier alpha value is -1.56. The van der Waals surface area contributed by atoms with Crippen molar-refractivity contribution in [2.24, 2.45) is 5.92 Å². The Labute approximate surface area is 145 Å². The average molecular weight is 382 g/mol. The van der Waals surface area contributed by atoms with Crippen molar-refractivity contribution in [3.05, 3.63) is 22.2 Å². The number of hydrogen-bond acceptors (Lipinski definition) is 3. The summed E-state index contributed by atoms with van der Waals surface area (Å²) in [6.07, 6.45) is 2.25. The molecule has 5 nitrogen and oxygen atoms in total. The number of nitrogens with one attached hydrogen (secondary N) is 1. The van der Waals surface area contributed by atoms with Gasteiger partial charge >= 0.3 is 0 Å². The SMILES string of the molecule is CCCC(C)N1CC(C(=O)Nc2cc(Br)cc(C)c2N)CC1=O. The van der Waals surface area contributed by atoms with E-state index in [9.17, 15) is 9.59 Å². The van der Waals surface area contributed by atoms with Crippen LogP contribution in [0.2, 0.25) is 0 Å². The molecule has 0 radical (unpaired) electrons. The first kappa shape index (κ1) is 17.8. The van der Waals surface area contributed by atoms with Gasteiger partial charge in [-0.1, -0.05) is 29.3 Å². The van der Waals surface area contributed by atoms with E-state index in [1.165, 1.54) is 0 Å². The van der Waals surface area contributed by atoms with Crippen molar-refractivity contribution < 1.29 is 9.59 Å². The van der Waals surface area contributed by atoms with Crippen molar-refractivity contribution in [2.75, 3.05) is 17.6 Å². The fourth-order valence-electron chi connectivity index (χ4n) is 3.00. The number of aryl methyl sites for hydroxylation is 1. The van der Waals surface area contributed by atoms with Gasteiger partial charge in [0, 0.05) is 23.5 Å². The summed E-state index contributed by atoms with van der Waals surface area (Å²) in [4.78, 5) is 26.5. The number of rotatable bonds is 5. The second kappa shape index (κ2) is 7.34. The number of nitrogen functional groups attached to an aromatic ring is 1. The van der Waals surface area contributed by atoms with E-state index in [4.69, 9.17) is 5.73 Å². The van der Waals surface area contributed by atoms with Crippen LogP contribution < -0.4 is 11.1 Å². The number of benzene rings is 1. The van der Waals surface area contributed by atoms with Gasteiger partial charge in [0.1, 0.15) is 0 Å². The third-order valence-corrected chi connectivity index (χ3v) is 4.84. The van der Waals surface area contributed by atoms with Crippen molar-refractivity contribution >= 4 is 39.1 Å². The van der Waals surface area contributed by atoms with Gasteiger partial charge in [-0.15, -0.1) is 0 Å². The molecule has 1 aromatic carbocycles. The van der Waals surface area contributed by atoms with E-state index in [1.54, 1.807) is 6.07 Å². The number of carbonyl (C=O) groups excluding carboxylic acids is 2. The van der Waals surface area contributed by atoms with E-state index >= 15 is 0 Å². The molecule has 1 heterocycles. The van der Waals surface area contributed by atoms with Gasteiger partial charge in [0.15, 0.2) is 0 Å². The van der Waals surface area contributed by atoms with Gasteiger partial charge in [-0.3, -0.25) is 9.59 Å². The van der Waals surface area contributed by atoms with Crippen molar-refractivity contribution in [1.82, 2.24) is 4.90 Å². The third-order valence-electron chi connectivity index (χ3n) is 4.38. The van der Waals surface area contributed by atoms with E-state index in [0.717, 1.165) is 22.9 Å². The minimum absolute atomic E-state index is 0.0597. The number of nitrogens with two attached hydrogens (primary N) is 1. The third kappa shape index (κ3) is 4.05. The molecule has 1 aliphatic rings. The summed E-state index contributed by atoms with van der Waals surface area (Å²) >= 11 is 3.41. The van der Waals surface area contributed by atoms with E-state index in [1.807, 2.05) is 24.8 Å². The molecule has 0 aromatic heterocycles. The van der Waals surface area contributed by atoms with Crippen molar-refractivity contribution in [3.63, 3.8) is 0 Å². The number of carbonyl (C=O) groups is 2. The Kier molecular flexibility index (Phi) is 5.68. The van der Waals surface area contributed by atoms with Crippen LogP contribution in [-0.2, 0) is 9.59 Å². The van der Waals surface area contributed by atoms with Crippen LogP contribution in [0.3, 0.4) is 0 Å². The fraction of sp³-hybridized carbons (Fsp3) is 0.529. The van der Waals surface area contributed by atoms with Crippen molar-refractivity contribution in [3.8, 4) is 0 Å². The normalized spacial score (nSPS) is 19.0. The van der Waals surface area contributed by atoms with Gasteiger partial charge in [0.05, 0.1) is 17.3 Å². The lowest BCUT2D eigenvalue weighted by molar-refractivity contribution is -0.129. The molecule has 0 bridgehead atoms. The highest BCUT2D eigenvalue weighted by Crippen LogP contribution is 2.29. The Morgan fingerprint density at radius 1 is 1.52 bits per heavy atom. The van der Waals surface area contributed by atoms with Gasteiger partial charge in [0.25, 0.3) is 0 Å². The summed E-state index contributed by atoms with van der Waals surface area (Å²) in [5.41, 5.74) is 8.08. The average Bonchev–Trinajstić information content (AvgIpc) is 2.86. The molecular weight excluding hydrogens is 358 g/mol. The number of halogens is 1. The van der Waals surface area contributed by atoms with Crippen LogP contribution in [-0.4, -0.2) is 29.3 Å². The van der Waals surface area contributed by atoms with Gasteiger partial charge in [0.2, 0.25) is 11.8 Å². The zero-order valence-electron chi connectivity index (χ0n) is 13.9. The number of likely N-dealkylation sites (tertiary alicyclic amines) is 1. The Morgan fingerprint density at radius 3 is 2.87 bits per heavy atom. The van der Waals surface area contributed by atoms with Gasteiger partial charge in [-0.2, -0.15) is 0 Å². The molecule has 0 spiro atoms. The summed E-state index contributed by atoms with van der Waals surface area (Å²) in [7, 11) is 0. The standard InChI is InChI=1S/C17H24BrN3O2/c1-4-5-11(3)21-9-12(7-15(21)22)17(23)20-14-8-13(18)6-10(2)16(14)19/h6,8,11-12H,4-5,7,9,19H2,1-3H3,(H,20,23). The molecule has 23 heavy (non-hydrogen) atoms. The van der Waals surface area contributed by atoms with Crippen LogP contribution in [0.25, 0.3) is 0 Å². The molecule has 1 aliphatic heterocycles. The minimum Gasteiger partial charge on any atom is -0.397 e. The molecule has 2 rings (SSSR count). The van der Waals surface area contributed by atoms with E-state index in [-0.39, 0.29) is 30.2 Å². The summed E-state index contributed by atoms with van der Waals surface area (Å²) < 4.78 is 0.861. The Bertz CT molecular complexity index is 618. The molecule has 0 saturated carbocycles. The molecule has 1 saturated heterocycles. The largest absolute Gasteiger partial charge is 0.397 e. The first-order valence-corrected chi connectivity index (χ1v) is 8.78. The van der Waals surface area contributed by atoms with Crippen LogP contribution in [0, 0.1) is 12.8 Å². The predicted octanol–water partition coefficient (Wildman–Crippen LogP) is 3.32. The lowest BCUT2D eigenvalue weighted by atomic mass is 10.1. The van der Waals surface area contributed by atoms with E-state index in [0.29, 0.717) is 17.9 Å². The van der Waals surface area contributed by atoms with Crippen LogP contribution in [0.5, 0.6) is 0 Å². The second-order valence-electron chi connectivity index (χ2n) is 6.26. The van der Waals surface area contributed by atoms with Crippen LogP contribution in [0.1, 0.15) is 38.7 Å². The maximum Gasteiger partial charge on any atom is 0.229 e. The Balaban J connectivity index is 2.07. The zero-order valence-corrected chi connectivity index (χ0v) is 15.4. The molecule has 6 heteroatoms. The Morgan fingerprint density at radius 2 is 2.22 bits per heavy atom. The van der Waals surface area contributed by atoms with E-state index in [2.05, 4.69) is 28.2 Å². The topological polar surface area (TPSA) is 75.4 Å². The fourth-order valence-corrected chi connectivity index (χ4v) is 3.57. The quantitative estimate of drug-likeness (QED) is 0.768. The molecular formula is C17H24BrN3O2. The van der Waals surface area contributed by atoms with Crippen molar-refractivity contribution in [1.29, 1.82) is 0 Å². The van der Waals surface area contributed by atoms with Gasteiger partial charge in [-0.05, 0) is 38.0 Å². The van der Waals surface area contributed by atoms with Gasteiger partial charge in [-0.25, -0.2) is 0 Å². The van der Waals surface area contributed by atoms with Crippen LogP contribution >= 0.6 is 15.9 Å². The molecule has 2 amide bonds. The summed E-state index contributed by atoms with van der Waals surface area (Å²) in [5.74, 6) is -0.404. The molecule has 2 unspecified atom stereocenters. The number of nitrogens with zero attached hydrogens (tertiary/aromatic N) is 1. The molecule has 126 valence electrons. The first-order valence-electron chi connectivity index (χ1n) is 7.99. The van der Waals surface area contributed by atoms with E-state index < -0.39 is 0 Å². The monoisotopic (exact) mass is 381 g/mol. The highest BCUT2D eigenvalue weighted by atomic mass is 79.9. The highest BCUT2D eigenvalue weighted by Gasteiger charge is 2.36. The maximum atomic E-state index is 12.5. The summed E-state index contributed by atoms with van der Waals surface area (Å²) in [6, 6.07) is 3.87. The van der Waals surface area contributed by atoms with Crippen LogP contribution in [0.4, 0.5) is 11.4 Å². The van der Waals surface area contributed by atoms with Crippen molar-refractivity contribution in [2.45, 2.75) is 46.1 Å². The lowest BCUT2D eigenvalue weighted by Gasteiger charge is -2.24. The highest BCUT2D eigenvalue weighted by molar-refractivity contribution is 9.10. The molecule has 2 atom stereocenters. The van der Waals surface area contributed by atoms with Gasteiger partial charge < -0.3 is 16.0 Å². The molecule has 0 aliphatic carbocycles. The smallest absolute Gasteiger partial charge is 0.229 e.